The molecule has 0 aliphatic rings. The van der Waals surface area contributed by atoms with Gasteiger partial charge in [-0.05, 0) is 43.2 Å². The van der Waals surface area contributed by atoms with Crippen LogP contribution in [0, 0.1) is 6.92 Å². The number of ether oxygens (including phenoxy) is 2. The van der Waals surface area contributed by atoms with Crippen LogP contribution in [0.1, 0.15) is 27.3 Å². The third-order valence-corrected chi connectivity index (χ3v) is 4.90. The van der Waals surface area contributed by atoms with Crippen molar-refractivity contribution in [3.05, 3.63) is 81.3 Å². The van der Waals surface area contributed by atoms with Crippen LogP contribution in [-0.2, 0) is 12.6 Å². The van der Waals surface area contributed by atoms with Crippen molar-refractivity contribution < 1.29 is 36.2 Å². The lowest BCUT2D eigenvalue weighted by Gasteiger charge is -2.16. The molecule has 2 aromatic carbocycles. The average Bonchev–Trinajstić information content (AvgIpc) is 2.79. The first-order valence-corrected chi connectivity index (χ1v) is 10.2. The van der Waals surface area contributed by atoms with E-state index < -0.39 is 35.4 Å². The summed E-state index contributed by atoms with van der Waals surface area (Å²) < 4.78 is 75.5. The van der Waals surface area contributed by atoms with Gasteiger partial charge in [-0.1, -0.05) is 18.2 Å². The Bertz CT molecular complexity index is 1270. The molecule has 12 heteroatoms. The van der Waals surface area contributed by atoms with Crippen LogP contribution in [0.5, 0.6) is 11.5 Å². The maximum Gasteiger partial charge on any atom is 0.418 e. The molecule has 0 atom stereocenters. The molecule has 3 rings (SSSR count). The smallest absolute Gasteiger partial charge is 0.418 e. The molecule has 3 aromatic rings. The van der Waals surface area contributed by atoms with E-state index in [4.69, 9.17) is 4.74 Å². The van der Waals surface area contributed by atoms with Crippen LogP contribution in [0.4, 0.5) is 22.0 Å². The molecule has 35 heavy (non-hydrogen) atoms. The number of aryl methyl sites for hydroxylation is 1. The highest BCUT2D eigenvalue weighted by Crippen LogP contribution is 2.33. The number of aromatic nitrogens is 2. The van der Waals surface area contributed by atoms with E-state index in [2.05, 4.69) is 15.2 Å². The third kappa shape index (κ3) is 6.14. The fraction of sp³-hybridized carbons (Fsp3) is 0.261. The molecule has 0 saturated carbocycles. The molecular weight excluding hydrogens is 477 g/mol. The van der Waals surface area contributed by atoms with Gasteiger partial charge in [-0.15, -0.1) is 0 Å². The van der Waals surface area contributed by atoms with E-state index in [1.807, 2.05) is 0 Å². The number of hydrogen-bond donors (Lipinski definition) is 1. The van der Waals surface area contributed by atoms with Gasteiger partial charge < -0.3 is 14.8 Å². The third-order valence-electron chi connectivity index (χ3n) is 4.90. The number of alkyl halides is 5. The predicted octanol–water partition coefficient (Wildman–Crippen LogP) is 4.14. The summed E-state index contributed by atoms with van der Waals surface area (Å²) in [6, 6.07) is 9.94. The first-order valence-electron chi connectivity index (χ1n) is 10.2. The van der Waals surface area contributed by atoms with E-state index in [0.29, 0.717) is 5.56 Å². The number of hydrogen-bond acceptors (Lipinski definition) is 5. The fourth-order valence-corrected chi connectivity index (χ4v) is 3.31. The van der Waals surface area contributed by atoms with Crippen LogP contribution in [0.15, 0.2) is 53.3 Å². The summed E-state index contributed by atoms with van der Waals surface area (Å²) in [5.41, 5.74) is -1.91. The van der Waals surface area contributed by atoms with Crippen molar-refractivity contribution in [1.29, 1.82) is 0 Å². The molecule has 7 nitrogen and oxygen atoms in total. The number of methoxy groups -OCH3 is 1. The maximum absolute atomic E-state index is 13.4. The fourth-order valence-electron chi connectivity index (χ4n) is 3.31. The second kappa shape index (κ2) is 10.5. The number of halogens is 5. The summed E-state index contributed by atoms with van der Waals surface area (Å²) >= 11 is 0. The summed E-state index contributed by atoms with van der Waals surface area (Å²) in [5, 5.41) is 6.38. The Kier molecular flexibility index (Phi) is 7.72. The SMILES string of the molecule is COc1cc(CCNC(=O)c2nn(-c3ccccc3C(F)(F)F)c(C)cc2=O)ccc1OC(F)F. The zero-order valence-electron chi connectivity index (χ0n) is 18.5. The van der Waals surface area contributed by atoms with E-state index in [9.17, 15) is 31.5 Å². The van der Waals surface area contributed by atoms with Crippen LogP contribution in [0.3, 0.4) is 0 Å². The number of amides is 1. The van der Waals surface area contributed by atoms with Gasteiger partial charge in [0, 0.05) is 18.3 Å². The summed E-state index contributed by atoms with van der Waals surface area (Å²) in [5.74, 6) is -0.961. The van der Waals surface area contributed by atoms with E-state index >= 15 is 0 Å². The Labute approximate surface area is 196 Å². The number of carbonyl (C=O) groups excluding carboxylic acids is 1. The summed E-state index contributed by atoms with van der Waals surface area (Å²) in [6.07, 6.45) is -4.44. The van der Waals surface area contributed by atoms with Gasteiger partial charge in [-0.25, -0.2) is 4.68 Å². The number of benzene rings is 2. The zero-order valence-corrected chi connectivity index (χ0v) is 18.5. The van der Waals surface area contributed by atoms with Gasteiger partial charge in [0.2, 0.25) is 5.43 Å². The molecule has 1 heterocycles. The lowest BCUT2D eigenvalue weighted by atomic mass is 10.1. The van der Waals surface area contributed by atoms with Crippen molar-refractivity contribution in [3.8, 4) is 17.2 Å². The highest BCUT2D eigenvalue weighted by atomic mass is 19.4. The summed E-state index contributed by atoms with van der Waals surface area (Å²) in [6.45, 7) is -1.60. The van der Waals surface area contributed by atoms with Gasteiger partial charge in [0.1, 0.15) is 0 Å². The van der Waals surface area contributed by atoms with Gasteiger partial charge in [0.15, 0.2) is 17.2 Å². The first-order chi connectivity index (χ1) is 16.5. The van der Waals surface area contributed by atoms with Crippen LogP contribution in [0.2, 0.25) is 0 Å². The number of nitrogens with zero attached hydrogens (tertiary/aromatic N) is 2. The van der Waals surface area contributed by atoms with E-state index in [-0.39, 0.29) is 35.8 Å². The highest BCUT2D eigenvalue weighted by molar-refractivity contribution is 5.92. The van der Waals surface area contributed by atoms with Gasteiger partial charge in [0.05, 0.1) is 18.4 Å². The number of rotatable bonds is 8. The van der Waals surface area contributed by atoms with Crippen molar-refractivity contribution in [2.24, 2.45) is 0 Å². The minimum atomic E-state index is -4.67. The van der Waals surface area contributed by atoms with Gasteiger partial charge in [0.25, 0.3) is 5.91 Å². The second-order valence-corrected chi connectivity index (χ2v) is 7.29. The summed E-state index contributed by atoms with van der Waals surface area (Å²) in [4.78, 5) is 24.9. The Morgan fingerprint density at radius 2 is 1.83 bits per heavy atom. The number of carbonyl (C=O) groups is 1. The normalized spacial score (nSPS) is 11.4. The van der Waals surface area contributed by atoms with Crippen molar-refractivity contribution in [3.63, 3.8) is 0 Å². The molecule has 0 fully saturated rings. The Morgan fingerprint density at radius 1 is 1.11 bits per heavy atom. The molecule has 0 spiro atoms. The quantitative estimate of drug-likeness (QED) is 0.473. The standard InChI is InChI=1S/C23H20F5N3O4/c1-13-11-17(32)20(30-31(13)16-6-4-3-5-15(16)23(26,27)28)21(33)29-10-9-14-7-8-18(35-22(24)25)19(12-14)34-2/h3-8,11-12,22H,9-10H2,1-2H3,(H,29,33). The van der Waals surface area contributed by atoms with Crippen LogP contribution in [-0.4, -0.2) is 36.0 Å². The van der Waals surface area contributed by atoms with E-state index in [0.717, 1.165) is 16.8 Å². The average molecular weight is 497 g/mol. The molecule has 0 aliphatic carbocycles. The largest absolute Gasteiger partial charge is 0.493 e. The highest BCUT2D eigenvalue weighted by Gasteiger charge is 2.34. The lowest BCUT2D eigenvalue weighted by molar-refractivity contribution is -0.137. The van der Waals surface area contributed by atoms with Crippen molar-refractivity contribution in [2.45, 2.75) is 26.1 Å². The Morgan fingerprint density at radius 3 is 2.49 bits per heavy atom. The lowest BCUT2D eigenvalue weighted by Crippen LogP contribution is -2.33. The molecule has 1 aromatic heterocycles. The van der Waals surface area contributed by atoms with E-state index in [1.165, 1.54) is 50.4 Å². The first kappa shape index (κ1) is 25.7. The molecule has 186 valence electrons. The number of para-hydroxylation sites is 1. The van der Waals surface area contributed by atoms with Crippen LogP contribution < -0.4 is 20.2 Å². The van der Waals surface area contributed by atoms with Gasteiger partial charge >= 0.3 is 12.8 Å². The Balaban J connectivity index is 1.79. The second-order valence-electron chi connectivity index (χ2n) is 7.29. The van der Waals surface area contributed by atoms with Crippen LogP contribution >= 0.6 is 0 Å². The van der Waals surface area contributed by atoms with Gasteiger partial charge in [-0.2, -0.15) is 27.1 Å². The molecular formula is C23H20F5N3O4. The van der Waals surface area contributed by atoms with Crippen molar-refractivity contribution >= 4 is 5.91 Å². The molecule has 0 saturated heterocycles. The molecule has 0 bridgehead atoms. The topological polar surface area (TPSA) is 82.5 Å². The van der Waals surface area contributed by atoms with E-state index in [1.54, 1.807) is 0 Å². The maximum atomic E-state index is 13.4. The van der Waals surface area contributed by atoms with Crippen molar-refractivity contribution in [2.75, 3.05) is 13.7 Å². The zero-order chi connectivity index (χ0) is 25.8. The van der Waals surface area contributed by atoms with Crippen LogP contribution in [0.25, 0.3) is 5.69 Å². The number of nitrogens with one attached hydrogen (secondary N) is 1. The van der Waals surface area contributed by atoms with Gasteiger partial charge in [-0.3, -0.25) is 9.59 Å². The molecule has 0 aliphatic heterocycles. The molecule has 1 amide bonds. The monoisotopic (exact) mass is 497 g/mol. The Hall–Kier alpha value is -3.96. The molecule has 0 radical (unpaired) electrons. The summed E-state index contributed by atoms with van der Waals surface area (Å²) in [7, 11) is 1.28. The van der Waals surface area contributed by atoms with Crippen molar-refractivity contribution in [1.82, 2.24) is 15.1 Å². The molecule has 1 N–H and O–H groups in total. The minimum Gasteiger partial charge on any atom is -0.493 e. The molecule has 0 unspecified atom stereocenters. The minimum absolute atomic E-state index is 0.0190. The predicted molar refractivity (Wildman–Crippen MR) is 115 cm³/mol.